The van der Waals surface area contributed by atoms with Gasteiger partial charge in [0.15, 0.2) is 0 Å². The van der Waals surface area contributed by atoms with E-state index >= 15 is 0 Å². The highest BCUT2D eigenvalue weighted by atomic mass is 15.2. The van der Waals surface area contributed by atoms with E-state index in [-0.39, 0.29) is 0 Å². The van der Waals surface area contributed by atoms with Crippen LogP contribution in [0.1, 0.15) is 12.5 Å². The van der Waals surface area contributed by atoms with Crippen molar-refractivity contribution < 1.29 is 0 Å². The van der Waals surface area contributed by atoms with Crippen molar-refractivity contribution in [3.05, 3.63) is 42.1 Å². The molecule has 0 radical (unpaired) electrons. The minimum absolute atomic E-state index is 0.300. The Bertz CT molecular complexity index is 465. The van der Waals surface area contributed by atoms with Gasteiger partial charge in [-0.15, -0.1) is 0 Å². The van der Waals surface area contributed by atoms with Gasteiger partial charge in [-0.25, -0.2) is 4.98 Å². The molecule has 1 aromatic heterocycles. The Morgan fingerprint density at radius 3 is 2.76 bits per heavy atom. The van der Waals surface area contributed by atoms with Crippen molar-refractivity contribution in [1.82, 2.24) is 9.97 Å². The SMILES string of the molecule is CCN(c1cccc(C)c1)c1ccnc(N)n1. The summed E-state index contributed by atoms with van der Waals surface area (Å²) < 4.78 is 0. The van der Waals surface area contributed by atoms with Crippen LogP contribution in [0, 0.1) is 6.92 Å². The number of aryl methyl sites for hydroxylation is 1. The van der Waals surface area contributed by atoms with E-state index in [1.807, 2.05) is 12.1 Å². The highest BCUT2D eigenvalue weighted by molar-refractivity contribution is 5.60. The Kier molecular flexibility index (Phi) is 3.23. The summed E-state index contributed by atoms with van der Waals surface area (Å²) in [7, 11) is 0. The van der Waals surface area contributed by atoms with Crippen LogP contribution in [-0.4, -0.2) is 16.5 Å². The summed E-state index contributed by atoms with van der Waals surface area (Å²) in [6, 6.07) is 10.2. The van der Waals surface area contributed by atoms with Crippen molar-refractivity contribution in [3.8, 4) is 0 Å². The molecule has 2 rings (SSSR count). The van der Waals surface area contributed by atoms with E-state index in [0.717, 1.165) is 18.1 Å². The van der Waals surface area contributed by atoms with Crippen LogP contribution < -0.4 is 10.6 Å². The lowest BCUT2D eigenvalue weighted by Crippen LogP contribution is -2.18. The van der Waals surface area contributed by atoms with Crippen LogP contribution >= 0.6 is 0 Å². The number of anilines is 3. The lowest BCUT2D eigenvalue weighted by atomic mass is 10.2. The zero-order chi connectivity index (χ0) is 12.3. The zero-order valence-corrected chi connectivity index (χ0v) is 10.1. The summed E-state index contributed by atoms with van der Waals surface area (Å²) in [5, 5.41) is 0. The molecule has 2 N–H and O–H groups in total. The molecule has 0 saturated heterocycles. The highest BCUT2D eigenvalue weighted by Gasteiger charge is 2.08. The van der Waals surface area contributed by atoms with Crippen LogP contribution in [0.3, 0.4) is 0 Å². The number of nitrogens with two attached hydrogens (primary N) is 1. The first-order chi connectivity index (χ1) is 8.20. The van der Waals surface area contributed by atoms with Crippen LogP contribution in [0.4, 0.5) is 17.5 Å². The molecule has 0 unspecified atom stereocenters. The maximum Gasteiger partial charge on any atom is 0.221 e. The molecule has 0 fully saturated rings. The average Bonchev–Trinajstić information content (AvgIpc) is 2.30. The van der Waals surface area contributed by atoms with Gasteiger partial charge < -0.3 is 10.6 Å². The number of benzene rings is 1. The molecule has 1 heterocycles. The van der Waals surface area contributed by atoms with Gasteiger partial charge in [-0.05, 0) is 37.6 Å². The second-order valence-corrected chi connectivity index (χ2v) is 3.86. The molecule has 0 spiro atoms. The first-order valence-corrected chi connectivity index (χ1v) is 5.63. The van der Waals surface area contributed by atoms with E-state index in [0.29, 0.717) is 5.95 Å². The molecule has 0 aliphatic carbocycles. The fraction of sp³-hybridized carbons (Fsp3) is 0.231. The highest BCUT2D eigenvalue weighted by Crippen LogP contribution is 2.23. The van der Waals surface area contributed by atoms with Gasteiger partial charge in [-0.2, -0.15) is 4.98 Å². The lowest BCUT2D eigenvalue weighted by molar-refractivity contribution is 0.979. The minimum atomic E-state index is 0.300. The van der Waals surface area contributed by atoms with Gasteiger partial charge in [0.05, 0.1) is 0 Å². The Labute approximate surface area is 101 Å². The third-order valence-electron chi connectivity index (χ3n) is 2.57. The molecule has 0 amide bonds. The van der Waals surface area contributed by atoms with Crippen molar-refractivity contribution in [1.29, 1.82) is 0 Å². The number of aromatic nitrogens is 2. The molecule has 17 heavy (non-hydrogen) atoms. The van der Waals surface area contributed by atoms with Gasteiger partial charge in [0.2, 0.25) is 5.95 Å². The normalized spacial score (nSPS) is 10.2. The quantitative estimate of drug-likeness (QED) is 0.877. The number of hydrogen-bond donors (Lipinski definition) is 1. The maximum atomic E-state index is 5.61. The monoisotopic (exact) mass is 228 g/mol. The molecule has 4 heteroatoms. The van der Waals surface area contributed by atoms with Crippen molar-refractivity contribution >= 4 is 17.5 Å². The second kappa shape index (κ2) is 4.82. The van der Waals surface area contributed by atoms with Crippen LogP contribution in [0.5, 0.6) is 0 Å². The van der Waals surface area contributed by atoms with Crippen molar-refractivity contribution in [2.75, 3.05) is 17.2 Å². The molecule has 0 bridgehead atoms. The van der Waals surface area contributed by atoms with Crippen LogP contribution in [0.2, 0.25) is 0 Å². The van der Waals surface area contributed by atoms with E-state index < -0.39 is 0 Å². The summed E-state index contributed by atoms with van der Waals surface area (Å²) in [6.07, 6.45) is 1.68. The molecule has 0 saturated carbocycles. The zero-order valence-electron chi connectivity index (χ0n) is 10.1. The minimum Gasteiger partial charge on any atom is -0.368 e. The Balaban J connectivity index is 2.40. The third-order valence-corrected chi connectivity index (χ3v) is 2.57. The molecular weight excluding hydrogens is 212 g/mol. The van der Waals surface area contributed by atoms with Crippen LogP contribution in [0.15, 0.2) is 36.5 Å². The average molecular weight is 228 g/mol. The molecule has 4 nitrogen and oxygen atoms in total. The second-order valence-electron chi connectivity index (χ2n) is 3.86. The van der Waals surface area contributed by atoms with Crippen LogP contribution in [-0.2, 0) is 0 Å². The Hall–Kier alpha value is -2.10. The summed E-state index contributed by atoms with van der Waals surface area (Å²) in [6.45, 7) is 4.99. The summed E-state index contributed by atoms with van der Waals surface area (Å²) in [4.78, 5) is 10.3. The van der Waals surface area contributed by atoms with Crippen molar-refractivity contribution in [3.63, 3.8) is 0 Å². The fourth-order valence-electron chi connectivity index (χ4n) is 1.79. The van der Waals surface area contributed by atoms with E-state index in [2.05, 4.69) is 46.9 Å². The van der Waals surface area contributed by atoms with Gasteiger partial charge in [0.1, 0.15) is 5.82 Å². The predicted octanol–water partition coefficient (Wildman–Crippen LogP) is 2.53. The smallest absolute Gasteiger partial charge is 0.221 e. The molecule has 0 atom stereocenters. The van der Waals surface area contributed by atoms with E-state index in [1.165, 1.54) is 5.56 Å². The van der Waals surface area contributed by atoms with Gasteiger partial charge >= 0.3 is 0 Å². The largest absolute Gasteiger partial charge is 0.368 e. The summed E-state index contributed by atoms with van der Waals surface area (Å²) in [5.74, 6) is 1.12. The lowest BCUT2D eigenvalue weighted by Gasteiger charge is -2.22. The molecule has 2 aromatic rings. The Morgan fingerprint density at radius 1 is 1.29 bits per heavy atom. The molecule has 88 valence electrons. The number of nitrogens with zero attached hydrogens (tertiary/aromatic N) is 3. The van der Waals surface area contributed by atoms with E-state index in [9.17, 15) is 0 Å². The van der Waals surface area contributed by atoms with Crippen molar-refractivity contribution in [2.24, 2.45) is 0 Å². The van der Waals surface area contributed by atoms with E-state index in [4.69, 9.17) is 5.73 Å². The maximum absolute atomic E-state index is 5.61. The van der Waals surface area contributed by atoms with Gasteiger partial charge in [-0.1, -0.05) is 12.1 Å². The van der Waals surface area contributed by atoms with E-state index in [1.54, 1.807) is 6.20 Å². The third kappa shape index (κ3) is 2.53. The standard InChI is InChI=1S/C13H16N4/c1-3-17(11-6-4-5-10(2)9-11)12-7-8-15-13(14)16-12/h4-9H,3H2,1-2H3,(H2,14,15,16). The predicted molar refractivity (Wildman–Crippen MR) is 70.3 cm³/mol. The number of hydrogen-bond acceptors (Lipinski definition) is 4. The summed E-state index contributed by atoms with van der Waals surface area (Å²) in [5.41, 5.74) is 7.95. The topological polar surface area (TPSA) is 55.0 Å². The summed E-state index contributed by atoms with van der Waals surface area (Å²) >= 11 is 0. The first kappa shape index (κ1) is 11.4. The molecule has 0 aliphatic heterocycles. The van der Waals surface area contributed by atoms with Gasteiger partial charge in [-0.3, -0.25) is 0 Å². The molecular formula is C13H16N4. The Morgan fingerprint density at radius 2 is 2.12 bits per heavy atom. The molecule has 0 aliphatic rings. The first-order valence-electron chi connectivity index (χ1n) is 5.63. The molecule has 1 aromatic carbocycles. The number of nitrogen functional groups attached to an aromatic ring is 1. The van der Waals surface area contributed by atoms with Crippen molar-refractivity contribution in [2.45, 2.75) is 13.8 Å². The number of rotatable bonds is 3. The van der Waals surface area contributed by atoms with Gasteiger partial charge in [0.25, 0.3) is 0 Å². The fourth-order valence-corrected chi connectivity index (χ4v) is 1.79. The van der Waals surface area contributed by atoms with Crippen LogP contribution in [0.25, 0.3) is 0 Å². The van der Waals surface area contributed by atoms with Gasteiger partial charge in [0, 0.05) is 18.4 Å².